The highest BCUT2D eigenvalue weighted by Gasteiger charge is 2.23. The molecule has 0 radical (unpaired) electrons. The number of hydrogen-bond donors (Lipinski definition) is 1. The summed E-state index contributed by atoms with van der Waals surface area (Å²) in [5, 5.41) is 9.65. The third kappa shape index (κ3) is 8.57. The van der Waals surface area contributed by atoms with Gasteiger partial charge in [-0.15, -0.1) is 0 Å². The third-order valence-electron chi connectivity index (χ3n) is 4.50. The van der Waals surface area contributed by atoms with Crippen molar-refractivity contribution < 1.29 is 5.11 Å². The van der Waals surface area contributed by atoms with E-state index in [1.54, 1.807) is 0 Å². The number of aliphatic imine (C=N–C) groups is 1. The van der Waals surface area contributed by atoms with Gasteiger partial charge in [0.15, 0.2) is 0 Å². The van der Waals surface area contributed by atoms with E-state index in [1.165, 1.54) is 70.6 Å². The minimum Gasteiger partial charge on any atom is -0.379 e. The van der Waals surface area contributed by atoms with Gasteiger partial charge in [0.25, 0.3) is 0 Å². The van der Waals surface area contributed by atoms with Gasteiger partial charge in [0.05, 0.1) is 0 Å². The standard InChI is InChI=1S/C18H36N2O/c1-3-4-5-6-7-8-9-10-11-12-13-14-18-19-15-16-20(18)17(2)21/h15,17-18,21H,3-14,16H2,1-2H3. The van der Waals surface area contributed by atoms with Crippen molar-refractivity contribution in [2.75, 3.05) is 6.54 Å². The van der Waals surface area contributed by atoms with Crippen molar-refractivity contribution in [3.05, 3.63) is 0 Å². The van der Waals surface area contributed by atoms with Crippen molar-refractivity contribution in [1.29, 1.82) is 0 Å². The molecule has 0 saturated heterocycles. The normalized spacial score (nSPS) is 20.2. The summed E-state index contributed by atoms with van der Waals surface area (Å²) in [6.07, 6.45) is 18.1. The molecular formula is C18H36N2O. The number of hydrogen-bond acceptors (Lipinski definition) is 3. The molecule has 124 valence electrons. The van der Waals surface area contributed by atoms with E-state index >= 15 is 0 Å². The van der Waals surface area contributed by atoms with Crippen LogP contribution in [0.2, 0.25) is 0 Å². The molecular weight excluding hydrogens is 260 g/mol. The molecule has 0 spiro atoms. The van der Waals surface area contributed by atoms with Gasteiger partial charge in [-0.2, -0.15) is 0 Å². The predicted molar refractivity (Wildman–Crippen MR) is 91.7 cm³/mol. The average molecular weight is 296 g/mol. The number of aliphatic hydroxyl groups is 1. The molecule has 21 heavy (non-hydrogen) atoms. The number of rotatable bonds is 13. The molecule has 3 heteroatoms. The lowest BCUT2D eigenvalue weighted by Crippen LogP contribution is -2.37. The van der Waals surface area contributed by atoms with Gasteiger partial charge in [-0.25, -0.2) is 0 Å². The quantitative estimate of drug-likeness (QED) is 0.498. The summed E-state index contributed by atoms with van der Waals surface area (Å²) in [4.78, 5) is 6.53. The Kier molecular flexibility index (Phi) is 10.8. The topological polar surface area (TPSA) is 35.8 Å². The van der Waals surface area contributed by atoms with E-state index in [9.17, 15) is 5.11 Å². The van der Waals surface area contributed by atoms with Crippen molar-refractivity contribution in [2.24, 2.45) is 4.99 Å². The van der Waals surface area contributed by atoms with Gasteiger partial charge in [-0.3, -0.25) is 9.89 Å². The zero-order valence-corrected chi connectivity index (χ0v) is 14.3. The fourth-order valence-electron chi connectivity index (χ4n) is 3.10. The Hall–Kier alpha value is -0.410. The van der Waals surface area contributed by atoms with Crippen molar-refractivity contribution in [3.63, 3.8) is 0 Å². The van der Waals surface area contributed by atoms with Crippen LogP contribution in [0.5, 0.6) is 0 Å². The minimum absolute atomic E-state index is 0.226. The highest BCUT2D eigenvalue weighted by atomic mass is 16.3. The average Bonchev–Trinajstić information content (AvgIpc) is 2.93. The van der Waals surface area contributed by atoms with Crippen LogP contribution in [-0.2, 0) is 0 Å². The lowest BCUT2D eigenvalue weighted by Gasteiger charge is -2.25. The van der Waals surface area contributed by atoms with Crippen LogP contribution < -0.4 is 0 Å². The molecule has 0 amide bonds. The van der Waals surface area contributed by atoms with Crippen LogP contribution in [0, 0.1) is 0 Å². The van der Waals surface area contributed by atoms with Gasteiger partial charge in [0, 0.05) is 12.8 Å². The molecule has 1 aliphatic heterocycles. The first kappa shape index (κ1) is 18.6. The highest BCUT2D eigenvalue weighted by Crippen LogP contribution is 2.18. The van der Waals surface area contributed by atoms with Crippen LogP contribution in [-0.4, -0.2) is 35.2 Å². The van der Waals surface area contributed by atoms with Gasteiger partial charge in [0.1, 0.15) is 12.4 Å². The summed E-state index contributed by atoms with van der Waals surface area (Å²) in [5.41, 5.74) is 0. The zero-order chi connectivity index (χ0) is 15.3. The fourth-order valence-corrected chi connectivity index (χ4v) is 3.10. The Balaban J connectivity index is 1.85. The predicted octanol–water partition coefficient (Wildman–Crippen LogP) is 4.74. The Morgan fingerprint density at radius 1 is 1.00 bits per heavy atom. The summed E-state index contributed by atoms with van der Waals surface area (Å²) in [5.74, 6) is 0. The highest BCUT2D eigenvalue weighted by molar-refractivity contribution is 5.62. The van der Waals surface area contributed by atoms with Crippen LogP contribution in [0.3, 0.4) is 0 Å². The molecule has 0 bridgehead atoms. The largest absolute Gasteiger partial charge is 0.379 e. The molecule has 0 fully saturated rings. The van der Waals surface area contributed by atoms with Gasteiger partial charge in [-0.1, -0.05) is 71.1 Å². The molecule has 2 atom stereocenters. The molecule has 0 aromatic rings. The second-order valence-corrected chi connectivity index (χ2v) is 6.47. The summed E-state index contributed by atoms with van der Waals surface area (Å²) in [7, 11) is 0. The van der Waals surface area contributed by atoms with Crippen LogP contribution in [0.15, 0.2) is 4.99 Å². The maximum atomic E-state index is 9.65. The molecule has 0 saturated carbocycles. The zero-order valence-electron chi connectivity index (χ0n) is 14.3. The monoisotopic (exact) mass is 296 g/mol. The number of unbranched alkanes of at least 4 members (excludes halogenated alkanes) is 10. The molecule has 1 aliphatic rings. The maximum Gasteiger partial charge on any atom is 0.106 e. The van der Waals surface area contributed by atoms with Crippen molar-refractivity contribution in [3.8, 4) is 0 Å². The van der Waals surface area contributed by atoms with Crippen LogP contribution in [0.25, 0.3) is 0 Å². The van der Waals surface area contributed by atoms with E-state index in [2.05, 4.69) is 16.8 Å². The van der Waals surface area contributed by atoms with Gasteiger partial charge in [0.2, 0.25) is 0 Å². The molecule has 1 N–H and O–H groups in total. The van der Waals surface area contributed by atoms with Crippen molar-refractivity contribution in [1.82, 2.24) is 4.90 Å². The van der Waals surface area contributed by atoms with Gasteiger partial charge >= 0.3 is 0 Å². The Morgan fingerprint density at radius 2 is 1.52 bits per heavy atom. The first-order chi connectivity index (χ1) is 10.3. The summed E-state index contributed by atoms with van der Waals surface area (Å²) < 4.78 is 0. The first-order valence-corrected chi connectivity index (χ1v) is 9.21. The molecule has 0 aromatic heterocycles. The van der Waals surface area contributed by atoms with Crippen molar-refractivity contribution >= 4 is 6.21 Å². The molecule has 1 heterocycles. The lowest BCUT2D eigenvalue weighted by atomic mass is 10.0. The molecule has 1 rings (SSSR count). The SMILES string of the molecule is CCCCCCCCCCCCCC1N=CCN1C(C)O. The summed E-state index contributed by atoms with van der Waals surface area (Å²) in [6.45, 7) is 4.92. The van der Waals surface area contributed by atoms with Crippen LogP contribution in [0.1, 0.15) is 90.9 Å². The van der Waals surface area contributed by atoms with E-state index in [0.717, 1.165) is 13.0 Å². The third-order valence-corrected chi connectivity index (χ3v) is 4.50. The van der Waals surface area contributed by atoms with Crippen LogP contribution in [0.4, 0.5) is 0 Å². The first-order valence-electron chi connectivity index (χ1n) is 9.21. The number of aliphatic hydroxyl groups excluding tert-OH is 1. The second kappa shape index (κ2) is 12.2. The Bertz CT molecular complexity index is 266. The maximum absolute atomic E-state index is 9.65. The second-order valence-electron chi connectivity index (χ2n) is 6.47. The number of nitrogens with zero attached hydrogens (tertiary/aromatic N) is 2. The fraction of sp³-hybridized carbons (Fsp3) is 0.944. The van der Waals surface area contributed by atoms with E-state index in [0.29, 0.717) is 0 Å². The van der Waals surface area contributed by atoms with E-state index in [4.69, 9.17) is 0 Å². The minimum atomic E-state index is -0.370. The van der Waals surface area contributed by atoms with E-state index in [1.807, 2.05) is 13.1 Å². The lowest BCUT2D eigenvalue weighted by molar-refractivity contribution is 0.00710. The smallest absolute Gasteiger partial charge is 0.106 e. The Morgan fingerprint density at radius 3 is 2.05 bits per heavy atom. The van der Waals surface area contributed by atoms with Crippen molar-refractivity contribution in [2.45, 2.75) is 103 Å². The van der Waals surface area contributed by atoms with E-state index < -0.39 is 0 Å². The van der Waals surface area contributed by atoms with Crippen LogP contribution >= 0.6 is 0 Å². The van der Waals surface area contributed by atoms with Gasteiger partial charge < -0.3 is 5.11 Å². The Labute approximate surface area is 131 Å². The van der Waals surface area contributed by atoms with Gasteiger partial charge in [-0.05, 0) is 19.8 Å². The van der Waals surface area contributed by atoms with E-state index in [-0.39, 0.29) is 12.4 Å². The summed E-state index contributed by atoms with van der Waals surface area (Å²) >= 11 is 0. The summed E-state index contributed by atoms with van der Waals surface area (Å²) in [6, 6.07) is 0. The molecule has 0 aliphatic carbocycles. The molecule has 3 nitrogen and oxygen atoms in total. The molecule has 2 unspecified atom stereocenters. The molecule has 0 aromatic carbocycles.